The zero-order valence-corrected chi connectivity index (χ0v) is 8.98. The van der Waals surface area contributed by atoms with Gasteiger partial charge in [-0.3, -0.25) is 0 Å². The van der Waals surface area contributed by atoms with Gasteiger partial charge in [-0.05, 0) is 24.0 Å². The van der Waals surface area contributed by atoms with Gasteiger partial charge in [0.15, 0.2) is 0 Å². The predicted octanol–water partition coefficient (Wildman–Crippen LogP) is 2.85. The maximum Gasteiger partial charge on any atom is 0.130 e. The van der Waals surface area contributed by atoms with E-state index in [1.54, 1.807) is 0 Å². The van der Waals surface area contributed by atoms with Crippen molar-refractivity contribution in [1.29, 1.82) is 0 Å². The van der Waals surface area contributed by atoms with Gasteiger partial charge in [-0.15, -0.1) is 0 Å². The second-order valence-corrected chi connectivity index (χ2v) is 4.83. The summed E-state index contributed by atoms with van der Waals surface area (Å²) in [6.45, 7) is 4.55. The van der Waals surface area contributed by atoms with Gasteiger partial charge in [-0.25, -0.2) is 8.78 Å². The second kappa shape index (κ2) is 3.56. The van der Waals surface area contributed by atoms with Crippen molar-refractivity contribution in [2.45, 2.75) is 32.9 Å². The van der Waals surface area contributed by atoms with Crippen LogP contribution in [0.4, 0.5) is 8.78 Å². The zero-order chi connectivity index (χ0) is 11.1. The van der Waals surface area contributed by atoms with Crippen LogP contribution in [0.5, 0.6) is 0 Å². The first-order valence-electron chi connectivity index (χ1n) is 5.17. The Balaban J connectivity index is 2.00. The van der Waals surface area contributed by atoms with Crippen molar-refractivity contribution < 1.29 is 8.78 Å². The normalized spacial score (nSPS) is 22.8. The molecule has 1 aliphatic rings. The highest BCUT2D eigenvalue weighted by molar-refractivity contribution is 5.20. The lowest BCUT2D eigenvalue weighted by Gasteiger charge is -2.08. The predicted molar refractivity (Wildman–Crippen MR) is 55.4 cm³/mol. The molecular weight excluding hydrogens is 196 g/mol. The molecule has 1 aliphatic carbocycles. The Morgan fingerprint density at radius 1 is 1.33 bits per heavy atom. The summed E-state index contributed by atoms with van der Waals surface area (Å²) in [5.41, 5.74) is 0.419. The molecular formula is C12H15F2N. The molecule has 3 heteroatoms. The van der Waals surface area contributed by atoms with Crippen LogP contribution in [0.3, 0.4) is 0 Å². The summed E-state index contributed by atoms with van der Waals surface area (Å²) < 4.78 is 26.5. The monoisotopic (exact) mass is 211 g/mol. The third-order valence-electron chi connectivity index (χ3n) is 3.10. The van der Waals surface area contributed by atoms with Crippen LogP contribution in [0, 0.1) is 17.0 Å². The molecule has 0 bridgehead atoms. The number of halogens is 2. The molecule has 15 heavy (non-hydrogen) atoms. The van der Waals surface area contributed by atoms with Crippen molar-refractivity contribution >= 4 is 0 Å². The summed E-state index contributed by atoms with van der Waals surface area (Å²) in [4.78, 5) is 0. The van der Waals surface area contributed by atoms with E-state index >= 15 is 0 Å². The van der Waals surface area contributed by atoms with E-state index in [0.29, 0.717) is 6.04 Å². The average Bonchev–Trinajstić information content (AvgIpc) is 2.73. The zero-order valence-electron chi connectivity index (χ0n) is 8.98. The van der Waals surface area contributed by atoms with Gasteiger partial charge in [0, 0.05) is 18.2 Å². The Bertz CT molecular complexity index is 354. The lowest BCUT2D eigenvalue weighted by Crippen LogP contribution is -2.21. The molecule has 1 nitrogen and oxygen atoms in total. The summed E-state index contributed by atoms with van der Waals surface area (Å²) >= 11 is 0. The molecule has 0 aliphatic heterocycles. The molecule has 1 aromatic carbocycles. The maximum atomic E-state index is 13.2. The van der Waals surface area contributed by atoms with E-state index in [9.17, 15) is 8.78 Å². The van der Waals surface area contributed by atoms with E-state index in [1.165, 1.54) is 18.2 Å². The van der Waals surface area contributed by atoms with Gasteiger partial charge in [0.05, 0.1) is 0 Å². The molecule has 0 radical (unpaired) electrons. The van der Waals surface area contributed by atoms with Crippen molar-refractivity contribution in [3.8, 4) is 0 Å². The molecule has 0 amide bonds. The minimum absolute atomic E-state index is 0.139. The highest BCUT2D eigenvalue weighted by atomic mass is 19.1. The van der Waals surface area contributed by atoms with Gasteiger partial charge in [-0.1, -0.05) is 19.9 Å². The van der Waals surface area contributed by atoms with Gasteiger partial charge in [-0.2, -0.15) is 0 Å². The van der Waals surface area contributed by atoms with E-state index in [0.717, 1.165) is 6.42 Å². The third kappa shape index (κ3) is 2.17. The standard InChI is InChI=1S/C12H15F2N/c1-12(2)6-11(12)15-7-8-9(13)4-3-5-10(8)14/h3-5,11,15H,6-7H2,1-2H3. The summed E-state index contributed by atoms with van der Waals surface area (Å²) in [5.74, 6) is -0.943. The molecule has 0 saturated heterocycles. The van der Waals surface area contributed by atoms with Crippen LogP contribution in [-0.4, -0.2) is 6.04 Å². The molecule has 2 rings (SSSR count). The van der Waals surface area contributed by atoms with Crippen LogP contribution in [0.1, 0.15) is 25.8 Å². The van der Waals surface area contributed by atoms with Gasteiger partial charge in [0.1, 0.15) is 11.6 Å². The van der Waals surface area contributed by atoms with Crippen molar-refractivity contribution in [2.75, 3.05) is 0 Å². The lowest BCUT2D eigenvalue weighted by atomic mass is 10.1. The minimum atomic E-state index is -0.471. The highest BCUT2D eigenvalue weighted by Gasteiger charge is 2.45. The Morgan fingerprint density at radius 2 is 1.87 bits per heavy atom. The fourth-order valence-corrected chi connectivity index (χ4v) is 1.74. The molecule has 0 heterocycles. The van der Waals surface area contributed by atoms with E-state index < -0.39 is 11.6 Å². The quantitative estimate of drug-likeness (QED) is 0.810. The van der Waals surface area contributed by atoms with Crippen molar-refractivity contribution in [1.82, 2.24) is 5.32 Å². The Hall–Kier alpha value is -0.960. The first kappa shape index (κ1) is 10.6. The Morgan fingerprint density at radius 3 is 2.33 bits per heavy atom. The SMILES string of the molecule is CC1(C)CC1NCc1c(F)cccc1F. The Labute approximate surface area is 88.5 Å². The number of benzene rings is 1. The Kier molecular flexibility index (Phi) is 2.51. The lowest BCUT2D eigenvalue weighted by molar-refractivity contribution is 0.505. The van der Waals surface area contributed by atoms with Crippen LogP contribution in [0.25, 0.3) is 0 Å². The summed E-state index contributed by atoms with van der Waals surface area (Å²) in [6.07, 6.45) is 1.07. The van der Waals surface area contributed by atoms with E-state index in [1.807, 2.05) is 0 Å². The largest absolute Gasteiger partial charge is 0.309 e. The fourth-order valence-electron chi connectivity index (χ4n) is 1.74. The fraction of sp³-hybridized carbons (Fsp3) is 0.500. The van der Waals surface area contributed by atoms with Crippen LogP contribution < -0.4 is 5.32 Å². The van der Waals surface area contributed by atoms with Crippen LogP contribution in [0.2, 0.25) is 0 Å². The highest BCUT2D eigenvalue weighted by Crippen LogP contribution is 2.44. The first-order valence-corrected chi connectivity index (χ1v) is 5.17. The van der Waals surface area contributed by atoms with Crippen LogP contribution >= 0.6 is 0 Å². The molecule has 1 unspecified atom stereocenters. The minimum Gasteiger partial charge on any atom is -0.309 e. The maximum absolute atomic E-state index is 13.2. The number of rotatable bonds is 3. The summed E-state index contributed by atoms with van der Waals surface area (Å²) in [6, 6.07) is 4.35. The molecule has 1 saturated carbocycles. The topological polar surface area (TPSA) is 12.0 Å². The summed E-state index contributed by atoms with van der Waals surface area (Å²) in [7, 11) is 0. The van der Waals surface area contributed by atoms with Crippen LogP contribution in [0.15, 0.2) is 18.2 Å². The molecule has 1 atom stereocenters. The van der Waals surface area contributed by atoms with E-state index in [-0.39, 0.29) is 17.5 Å². The summed E-state index contributed by atoms with van der Waals surface area (Å²) in [5, 5.41) is 3.16. The molecule has 82 valence electrons. The van der Waals surface area contributed by atoms with Crippen molar-refractivity contribution in [3.05, 3.63) is 35.4 Å². The van der Waals surface area contributed by atoms with Crippen molar-refractivity contribution in [3.63, 3.8) is 0 Å². The van der Waals surface area contributed by atoms with Gasteiger partial charge < -0.3 is 5.32 Å². The van der Waals surface area contributed by atoms with Crippen molar-refractivity contribution in [2.24, 2.45) is 5.41 Å². The van der Waals surface area contributed by atoms with E-state index in [2.05, 4.69) is 19.2 Å². The first-order chi connectivity index (χ1) is 7.00. The number of hydrogen-bond donors (Lipinski definition) is 1. The molecule has 1 N–H and O–H groups in total. The van der Waals surface area contributed by atoms with Crippen LogP contribution in [-0.2, 0) is 6.54 Å². The number of hydrogen-bond acceptors (Lipinski definition) is 1. The number of nitrogens with one attached hydrogen (secondary N) is 1. The second-order valence-electron chi connectivity index (χ2n) is 4.83. The molecule has 0 aromatic heterocycles. The third-order valence-corrected chi connectivity index (χ3v) is 3.10. The smallest absolute Gasteiger partial charge is 0.130 e. The van der Waals surface area contributed by atoms with Gasteiger partial charge in [0.25, 0.3) is 0 Å². The molecule has 0 spiro atoms. The molecule has 1 aromatic rings. The molecule has 1 fully saturated rings. The van der Waals surface area contributed by atoms with Gasteiger partial charge >= 0.3 is 0 Å². The van der Waals surface area contributed by atoms with E-state index in [4.69, 9.17) is 0 Å². The average molecular weight is 211 g/mol. The van der Waals surface area contributed by atoms with Gasteiger partial charge in [0.2, 0.25) is 0 Å².